The van der Waals surface area contributed by atoms with Crippen LogP contribution in [0.2, 0.25) is 0 Å². The molecule has 110 valence electrons. The fourth-order valence-corrected chi connectivity index (χ4v) is 2.51. The minimum atomic E-state index is 0.447. The fourth-order valence-electron chi connectivity index (χ4n) is 2.51. The van der Waals surface area contributed by atoms with Gasteiger partial charge in [0, 0.05) is 12.5 Å². The fraction of sp³-hybridized carbons (Fsp3) is 0.812. The lowest BCUT2D eigenvalue weighted by atomic mass is 10.1. The van der Waals surface area contributed by atoms with Gasteiger partial charge in [-0.2, -0.15) is 0 Å². The second kappa shape index (κ2) is 8.23. The lowest BCUT2D eigenvalue weighted by Gasteiger charge is -2.10. The number of nitrogen functional groups attached to an aromatic ring is 1. The van der Waals surface area contributed by atoms with E-state index in [1.807, 2.05) is 0 Å². The van der Waals surface area contributed by atoms with Crippen LogP contribution >= 0.6 is 0 Å². The van der Waals surface area contributed by atoms with Crippen molar-refractivity contribution in [3.8, 4) is 0 Å². The number of imidazole rings is 1. The smallest absolute Gasteiger partial charge is 0.126 e. The summed E-state index contributed by atoms with van der Waals surface area (Å²) in [5.41, 5.74) is 7.39. The summed E-state index contributed by atoms with van der Waals surface area (Å²) in [5.74, 6) is 2.51. The molecule has 0 aromatic carbocycles. The predicted octanol–water partition coefficient (Wildman–Crippen LogP) is 4.51. The van der Waals surface area contributed by atoms with Gasteiger partial charge in [0.25, 0.3) is 0 Å². The van der Waals surface area contributed by atoms with Crippen LogP contribution < -0.4 is 5.73 Å². The topological polar surface area (TPSA) is 43.8 Å². The van der Waals surface area contributed by atoms with Crippen LogP contribution in [0.15, 0.2) is 0 Å². The highest BCUT2D eigenvalue weighted by atomic mass is 15.1. The third kappa shape index (κ3) is 4.55. The molecular weight excluding hydrogens is 234 g/mol. The molecule has 1 aromatic heterocycles. The highest BCUT2D eigenvalue weighted by Crippen LogP contribution is 2.23. The van der Waals surface area contributed by atoms with E-state index in [4.69, 9.17) is 10.7 Å². The van der Waals surface area contributed by atoms with Crippen LogP contribution in [0.3, 0.4) is 0 Å². The summed E-state index contributed by atoms with van der Waals surface area (Å²) in [7, 11) is 0. The number of aromatic nitrogens is 2. The van der Waals surface area contributed by atoms with Crippen LogP contribution in [0, 0.1) is 0 Å². The third-order valence-electron chi connectivity index (χ3n) is 3.59. The van der Waals surface area contributed by atoms with E-state index in [0.717, 1.165) is 36.7 Å². The van der Waals surface area contributed by atoms with Crippen LogP contribution in [0.1, 0.15) is 83.7 Å². The summed E-state index contributed by atoms with van der Waals surface area (Å²) in [6, 6.07) is 0. The average Bonchev–Trinajstić information content (AvgIpc) is 2.68. The van der Waals surface area contributed by atoms with Crippen molar-refractivity contribution in [2.75, 3.05) is 5.73 Å². The number of aryl methyl sites for hydroxylation is 1. The minimum Gasteiger partial charge on any atom is -0.384 e. The Labute approximate surface area is 118 Å². The first-order chi connectivity index (χ1) is 9.11. The van der Waals surface area contributed by atoms with Crippen molar-refractivity contribution in [1.82, 2.24) is 9.55 Å². The summed E-state index contributed by atoms with van der Waals surface area (Å²) < 4.78 is 2.21. The highest BCUT2D eigenvalue weighted by Gasteiger charge is 2.15. The molecule has 0 amide bonds. The molecule has 1 heterocycles. The van der Waals surface area contributed by atoms with E-state index in [9.17, 15) is 0 Å². The average molecular weight is 265 g/mol. The third-order valence-corrected chi connectivity index (χ3v) is 3.59. The molecule has 0 spiro atoms. The van der Waals surface area contributed by atoms with E-state index >= 15 is 0 Å². The van der Waals surface area contributed by atoms with Crippen molar-refractivity contribution >= 4 is 5.82 Å². The maximum Gasteiger partial charge on any atom is 0.126 e. The highest BCUT2D eigenvalue weighted by molar-refractivity contribution is 5.39. The van der Waals surface area contributed by atoms with Crippen LogP contribution in [-0.2, 0) is 13.0 Å². The number of hydrogen-bond acceptors (Lipinski definition) is 2. The van der Waals surface area contributed by atoms with Gasteiger partial charge in [0.1, 0.15) is 11.6 Å². The predicted molar refractivity (Wildman–Crippen MR) is 83.5 cm³/mol. The van der Waals surface area contributed by atoms with Gasteiger partial charge in [0.05, 0.1) is 5.69 Å². The zero-order valence-corrected chi connectivity index (χ0v) is 13.2. The first-order valence-corrected chi connectivity index (χ1v) is 7.96. The number of hydrogen-bond donors (Lipinski definition) is 1. The molecule has 0 aliphatic heterocycles. The quantitative estimate of drug-likeness (QED) is 0.667. The van der Waals surface area contributed by atoms with Crippen molar-refractivity contribution in [2.24, 2.45) is 0 Å². The molecule has 1 aromatic rings. The van der Waals surface area contributed by atoms with E-state index in [2.05, 4.69) is 32.3 Å². The summed E-state index contributed by atoms with van der Waals surface area (Å²) >= 11 is 0. The van der Waals surface area contributed by atoms with Crippen molar-refractivity contribution < 1.29 is 0 Å². The Morgan fingerprint density at radius 2 is 1.74 bits per heavy atom. The number of unbranched alkanes of at least 4 members (excludes halogenated alkanes) is 4. The van der Waals surface area contributed by atoms with Gasteiger partial charge in [-0.15, -0.1) is 0 Å². The number of anilines is 1. The maximum absolute atomic E-state index is 6.27. The molecular formula is C16H31N3. The van der Waals surface area contributed by atoms with Crippen LogP contribution in [0.25, 0.3) is 0 Å². The summed E-state index contributed by atoms with van der Waals surface area (Å²) in [6.07, 6.45) is 8.63. The Bertz CT molecular complexity index is 366. The molecule has 0 fully saturated rings. The van der Waals surface area contributed by atoms with E-state index in [1.165, 1.54) is 32.1 Å². The first-order valence-electron chi connectivity index (χ1n) is 7.96. The molecule has 0 atom stereocenters. The summed E-state index contributed by atoms with van der Waals surface area (Å²) in [5, 5.41) is 0. The number of nitrogens with two attached hydrogens (primary N) is 1. The largest absolute Gasteiger partial charge is 0.384 e. The molecule has 3 heteroatoms. The Morgan fingerprint density at radius 1 is 1.05 bits per heavy atom. The summed E-state index contributed by atoms with van der Waals surface area (Å²) in [4.78, 5) is 4.78. The number of nitrogens with zero attached hydrogens (tertiary/aromatic N) is 2. The van der Waals surface area contributed by atoms with Gasteiger partial charge in [0.15, 0.2) is 0 Å². The van der Waals surface area contributed by atoms with Crippen molar-refractivity contribution in [3.05, 3.63) is 11.5 Å². The molecule has 0 aliphatic carbocycles. The zero-order valence-electron chi connectivity index (χ0n) is 13.2. The van der Waals surface area contributed by atoms with Gasteiger partial charge < -0.3 is 10.3 Å². The molecule has 3 nitrogen and oxygen atoms in total. The Hall–Kier alpha value is -0.990. The summed E-state index contributed by atoms with van der Waals surface area (Å²) in [6.45, 7) is 9.81. The minimum absolute atomic E-state index is 0.447. The molecule has 0 aliphatic rings. The second-order valence-corrected chi connectivity index (χ2v) is 5.77. The molecule has 1 rings (SSSR count). The van der Waals surface area contributed by atoms with Crippen molar-refractivity contribution in [3.63, 3.8) is 0 Å². The molecule has 0 bridgehead atoms. The molecule has 0 saturated carbocycles. The van der Waals surface area contributed by atoms with Crippen LogP contribution in [-0.4, -0.2) is 9.55 Å². The van der Waals surface area contributed by atoms with Crippen molar-refractivity contribution in [1.29, 1.82) is 0 Å². The first kappa shape index (κ1) is 16.1. The van der Waals surface area contributed by atoms with Gasteiger partial charge >= 0.3 is 0 Å². The standard InChI is InChI=1S/C16H31N3/c1-5-7-8-9-10-11-14-15(17)19(12-6-2)16(18-14)13(3)4/h13H,5-12,17H2,1-4H3. The Kier molecular flexibility index (Phi) is 6.96. The molecule has 2 N–H and O–H groups in total. The van der Waals surface area contributed by atoms with E-state index < -0.39 is 0 Å². The maximum atomic E-state index is 6.27. The van der Waals surface area contributed by atoms with E-state index in [1.54, 1.807) is 0 Å². The van der Waals surface area contributed by atoms with E-state index in [-0.39, 0.29) is 0 Å². The van der Waals surface area contributed by atoms with Gasteiger partial charge in [-0.1, -0.05) is 53.4 Å². The lowest BCUT2D eigenvalue weighted by molar-refractivity contribution is 0.615. The number of rotatable bonds is 9. The van der Waals surface area contributed by atoms with Gasteiger partial charge in [-0.25, -0.2) is 4.98 Å². The van der Waals surface area contributed by atoms with Crippen LogP contribution in [0.5, 0.6) is 0 Å². The monoisotopic (exact) mass is 265 g/mol. The van der Waals surface area contributed by atoms with Gasteiger partial charge in [-0.05, 0) is 19.3 Å². The SMILES string of the molecule is CCCCCCCc1nc(C(C)C)n(CCC)c1N. The second-order valence-electron chi connectivity index (χ2n) is 5.77. The van der Waals surface area contributed by atoms with Gasteiger partial charge in [-0.3, -0.25) is 0 Å². The molecule has 0 saturated heterocycles. The Morgan fingerprint density at radius 3 is 2.32 bits per heavy atom. The molecule has 0 unspecified atom stereocenters. The normalized spacial score (nSPS) is 11.4. The van der Waals surface area contributed by atoms with E-state index in [0.29, 0.717) is 5.92 Å². The van der Waals surface area contributed by atoms with Crippen molar-refractivity contribution in [2.45, 2.75) is 85.1 Å². The van der Waals surface area contributed by atoms with Crippen LogP contribution in [0.4, 0.5) is 5.82 Å². The lowest BCUT2D eigenvalue weighted by Crippen LogP contribution is -2.08. The molecule has 19 heavy (non-hydrogen) atoms. The molecule has 0 radical (unpaired) electrons. The zero-order chi connectivity index (χ0) is 14.3. The Balaban J connectivity index is 2.65. The van der Waals surface area contributed by atoms with Gasteiger partial charge in [0.2, 0.25) is 0 Å².